The summed E-state index contributed by atoms with van der Waals surface area (Å²) in [6, 6.07) is 0. The van der Waals surface area contributed by atoms with Crippen LogP contribution in [0.3, 0.4) is 0 Å². The average molecular weight is 429 g/mol. The predicted octanol–water partition coefficient (Wildman–Crippen LogP) is 7.93. The topological polar surface area (TPSA) is 6.48 Å². The molecule has 4 heteroatoms. The van der Waals surface area contributed by atoms with Gasteiger partial charge in [-0.1, -0.05) is 36.7 Å². The van der Waals surface area contributed by atoms with Crippen molar-refractivity contribution in [3.05, 3.63) is 0 Å². The molecule has 2 nitrogen and oxygen atoms in total. The van der Waals surface area contributed by atoms with E-state index >= 15 is 0 Å². The van der Waals surface area contributed by atoms with Gasteiger partial charge in [-0.25, -0.2) is 8.61 Å². The number of rotatable bonds is 9. The summed E-state index contributed by atoms with van der Waals surface area (Å²) in [7, 11) is 0. The largest absolute Gasteiger partial charge is 0.239 e. The molecule has 2 aliphatic heterocycles. The van der Waals surface area contributed by atoms with Gasteiger partial charge in [0.25, 0.3) is 0 Å². The molecule has 0 bridgehead atoms. The van der Waals surface area contributed by atoms with Crippen LogP contribution in [0, 0.1) is 0 Å². The Labute approximate surface area is 185 Å². The summed E-state index contributed by atoms with van der Waals surface area (Å²) in [5.41, 5.74) is 1.38. The second kappa shape index (κ2) is 9.83. The molecule has 2 saturated heterocycles. The summed E-state index contributed by atoms with van der Waals surface area (Å²) >= 11 is 4.23. The summed E-state index contributed by atoms with van der Waals surface area (Å²) in [6.07, 6.45) is 13.6. The lowest BCUT2D eigenvalue weighted by atomic mass is 9.83. The van der Waals surface area contributed by atoms with E-state index < -0.39 is 0 Å². The smallest absolute Gasteiger partial charge is 0.0263 e. The van der Waals surface area contributed by atoms with Crippen LogP contribution >= 0.6 is 23.9 Å². The van der Waals surface area contributed by atoms with Crippen molar-refractivity contribution < 1.29 is 0 Å². The SMILES string of the molecule is CC1(C)CCCC(C)(C)N1SCCCCCCSN1C(C)(C)CCCC1(C)C. The lowest BCUT2D eigenvalue weighted by Gasteiger charge is -2.52. The van der Waals surface area contributed by atoms with Crippen molar-refractivity contribution in [2.75, 3.05) is 11.5 Å². The van der Waals surface area contributed by atoms with Crippen LogP contribution in [0.5, 0.6) is 0 Å². The quantitative estimate of drug-likeness (QED) is 0.271. The molecule has 28 heavy (non-hydrogen) atoms. The predicted molar refractivity (Wildman–Crippen MR) is 131 cm³/mol. The first-order valence-electron chi connectivity index (χ1n) is 11.8. The molecule has 0 saturated carbocycles. The van der Waals surface area contributed by atoms with Crippen LogP contribution in [0.4, 0.5) is 0 Å². The second-order valence-electron chi connectivity index (χ2n) is 11.6. The first kappa shape index (κ1) is 24.9. The number of hydrogen-bond donors (Lipinski definition) is 0. The zero-order chi connectivity index (χ0) is 21.1. The van der Waals surface area contributed by atoms with Crippen LogP contribution < -0.4 is 0 Å². The Morgan fingerprint density at radius 2 is 0.786 bits per heavy atom. The molecule has 2 fully saturated rings. The van der Waals surface area contributed by atoms with E-state index in [4.69, 9.17) is 0 Å². The first-order valence-corrected chi connectivity index (χ1v) is 13.6. The zero-order valence-electron chi connectivity index (χ0n) is 20.2. The van der Waals surface area contributed by atoms with Crippen molar-refractivity contribution in [2.45, 2.75) is 142 Å². The molecule has 0 N–H and O–H groups in total. The Bertz CT molecular complexity index is 409. The monoisotopic (exact) mass is 428 g/mol. The molecule has 2 rings (SSSR count). The van der Waals surface area contributed by atoms with E-state index in [1.807, 2.05) is 0 Å². The van der Waals surface area contributed by atoms with Crippen LogP contribution in [0.25, 0.3) is 0 Å². The first-order chi connectivity index (χ1) is 12.9. The Morgan fingerprint density at radius 3 is 1.07 bits per heavy atom. The van der Waals surface area contributed by atoms with Gasteiger partial charge in [-0.2, -0.15) is 0 Å². The maximum Gasteiger partial charge on any atom is 0.0263 e. The summed E-state index contributed by atoms with van der Waals surface area (Å²) < 4.78 is 5.44. The van der Waals surface area contributed by atoms with E-state index in [1.54, 1.807) is 0 Å². The maximum atomic E-state index is 2.72. The Morgan fingerprint density at radius 1 is 0.500 bits per heavy atom. The normalized spacial score (nSPS) is 27.0. The highest BCUT2D eigenvalue weighted by molar-refractivity contribution is 7.97. The third-order valence-electron chi connectivity index (χ3n) is 6.83. The van der Waals surface area contributed by atoms with Gasteiger partial charge in [0.2, 0.25) is 0 Å². The summed E-state index contributed by atoms with van der Waals surface area (Å²) in [4.78, 5) is 0. The zero-order valence-corrected chi connectivity index (χ0v) is 21.8. The molecule has 0 aromatic rings. The van der Waals surface area contributed by atoms with Crippen molar-refractivity contribution in [3.63, 3.8) is 0 Å². The third-order valence-corrected chi connectivity index (χ3v) is 10.3. The van der Waals surface area contributed by atoms with Crippen molar-refractivity contribution in [3.8, 4) is 0 Å². The van der Waals surface area contributed by atoms with Crippen molar-refractivity contribution in [2.24, 2.45) is 0 Å². The number of nitrogens with zero attached hydrogens (tertiary/aromatic N) is 2. The summed E-state index contributed by atoms with van der Waals surface area (Å²) in [5.74, 6) is 2.57. The highest BCUT2D eigenvalue weighted by atomic mass is 32.2. The van der Waals surface area contributed by atoms with Crippen molar-refractivity contribution >= 4 is 23.9 Å². The van der Waals surface area contributed by atoms with E-state index in [0.29, 0.717) is 22.2 Å². The highest BCUT2D eigenvalue weighted by Gasteiger charge is 2.42. The maximum absolute atomic E-state index is 2.72. The highest BCUT2D eigenvalue weighted by Crippen LogP contribution is 2.44. The lowest BCUT2D eigenvalue weighted by Crippen LogP contribution is -2.54. The minimum Gasteiger partial charge on any atom is -0.239 e. The van der Waals surface area contributed by atoms with Crippen LogP contribution in [-0.4, -0.2) is 42.3 Å². The Kier molecular flexibility index (Phi) is 8.74. The van der Waals surface area contributed by atoms with Crippen molar-refractivity contribution in [1.82, 2.24) is 8.61 Å². The molecule has 0 atom stereocenters. The fourth-order valence-corrected chi connectivity index (χ4v) is 8.32. The van der Waals surface area contributed by atoms with Crippen LogP contribution in [0.1, 0.15) is 120 Å². The fraction of sp³-hybridized carbons (Fsp3) is 1.00. The molecule has 2 aliphatic rings. The molecule has 0 radical (unpaired) electrons. The van der Waals surface area contributed by atoms with Gasteiger partial charge < -0.3 is 0 Å². The van der Waals surface area contributed by atoms with Gasteiger partial charge in [-0.3, -0.25) is 0 Å². The van der Waals surface area contributed by atoms with Crippen LogP contribution in [0.15, 0.2) is 0 Å². The van der Waals surface area contributed by atoms with E-state index in [0.717, 1.165) is 0 Å². The van der Waals surface area contributed by atoms with E-state index in [9.17, 15) is 0 Å². The Hall–Kier alpha value is 0.620. The van der Waals surface area contributed by atoms with Gasteiger partial charge >= 0.3 is 0 Å². The van der Waals surface area contributed by atoms with Crippen molar-refractivity contribution in [1.29, 1.82) is 0 Å². The molecule has 166 valence electrons. The summed E-state index contributed by atoms with van der Waals surface area (Å²) in [6.45, 7) is 19.5. The van der Waals surface area contributed by atoms with E-state index in [-0.39, 0.29) is 0 Å². The Balaban J connectivity index is 1.62. The molecule has 0 amide bonds. The average Bonchev–Trinajstić information content (AvgIpc) is 2.52. The molecular weight excluding hydrogens is 380 g/mol. The molecular formula is C24H48N2S2. The minimum atomic E-state index is 0.344. The molecule has 0 aromatic heterocycles. The van der Waals surface area contributed by atoms with E-state index in [1.165, 1.54) is 75.7 Å². The fourth-order valence-electron chi connectivity index (χ4n) is 5.52. The third kappa shape index (κ3) is 6.56. The number of piperidine rings is 2. The van der Waals surface area contributed by atoms with Gasteiger partial charge in [-0.05, 0) is 107 Å². The summed E-state index contributed by atoms with van der Waals surface area (Å²) in [5, 5.41) is 0. The molecule has 0 spiro atoms. The van der Waals surface area contributed by atoms with Gasteiger partial charge in [0, 0.05) is 33.7 Å². The number of unbranched alkanes of at least 4 members (excludes halogenated alkanes) is 3. The van der Waals surface area contributed by atoms with Crippen LogP contribution in [0.2, 0.25) is 0 Å². The lowest BCUT2D eigenvalue weighted by molar-refractivity contribution is 0.0672. The molecule has 0 unspecified atom stereocenters. The van der Waals surface area contributed by atoms with Gasteiger partial charge in [0.15, 0.2) is 0 Å². The molecule has 0 aliphatic carbocycles. The van der Waals surface area contributed by atoms with Gasteiger partial charge in [-0.15, -0.1) is 0 Å². The van der Waals surface area contributed by atoms with Gasteiger partial charge in [0.1, 0.15) is 0 Å². The van der Waals surface area contributed by atoms with Crippen LogP contribution in [-0.2, 0) is 0 Å². The molecule has 2 heterocycles. The van der Waals surface area contributed by atoms with Gasteiger partial charge in [0.05, 0.1) is 0 Å². The molecule has 0 aromatic carbocycles. The standard InChI is InChI=1S/C24H48N2S2/c1-21(2)15-13-16-22(3,4)25(21)27-19-11-9-10-12-20-28-26-23(5,6)17-14-18-24(26,7)8/h9-20H2,1-8H3. The van der Waals surface area contributed by atoms with E-state index in [2.05, 4.69) is 87.9 Å². The number of hydrogen-bond acceptors (Lipinski definition) is 4. The minimum absolute atomic E-state index is 0.344. The second-order valence-corrected chi connectivity index (χ2v) is 13.7.